The zero-order valence-corrected chi connectivity index (χ0v) is 33.1. The number of nitrogens with one attached hydrogen (secondary N) is 1. The molecule has 1 rings (SSSR count). The molecule has 7 atom stereocenters. The van der Waals surface area contributed by atoms with E-state index in [1.54, 1.807) is 0 Å². The van der Waals surface area contributed by atoms with E-state index in [2.05, 4.69) is 19.2 Å². The first kappa shape index (κ1) is 48.2. The highest BCUT2D eigenvalue weighted by Gasteiger charge is 2.44. The molecular weight excluding hydrogens is 646 g/mol. The number of rotatable bonds is 36. The number of carbonyl (C=O) groups excluding carboxylic acids is 1. The summed E-state index contributed by atoms with van der Waals surface area (Å²) in [4.78, 5) is 12.9. The lowest BCUT2D eigenvalue weighted by molar-refractivity contribution is -0.302. The average Bonchev–Trinajstić information content (AvgIpc) is 3.13. The van der Waals surface area contributed by atoms with Crippen LogP contribution in [0.5, 0.6) is 0 Å². The number of amides is 1. The molecule has 304 valence electrons. The highest BCUT2D eigenvalue weighted by atomic mass is 16.7. The third-order valence-corrected chi connectivity index (χ3v) is 10.7. The lowest BCUT2D eigenvalue weighted by Crippen LogP contribution is -2.60. The molecule has 0 aromatic carbocycles. The van der Waals surface area contributed by atoms with E-state index in [-0.39, 0.29) is 12.5 Å². The van der Waals surface area contributed by atoms with Gasteiger partial charge in [0.25, 0.3) is 0 Å². The van der Waals surface area contributed by atoms with Gasteiger partial charge in [-0.25, -0.2) is 0 Å². The van der Waals surface area contributed by atoms with E-state index in [4.69, 9.17) is 9.47 Å². The molecule has 0 bridgehead atoms. The molecule has 1 aliphatic heterocycles. The van der Waals surface area contributed by atoms with Crippen LogP contribution in [0.25, 0.3) is 0 Å². The molecule has 0 aromatic rings. The first-order valence-electron chi connectivity index (χ1n) is 21.7. The number of ether oxygens (including phenoxy) is 2. The Balaban J connectivity index is 2.32. The summed E-state index contributed by atoms with van der Waals surface area (Å²) >= 11 is 0. The van der Waals surface area contributed by atoms with Crippen molar-refractivity contribution in [3.63, 3.8) is 0 Å². The maximum Gasteiger partial charge on any atom is 0.220 e. The second-order valence-electron chi connectivity index (χ2n) is 15.5. The van der Waals surface area contributed by atoms with Crippen LogP contribution in [0.1, 0.15) is 206 Å². The van der Waals surface area contributed by atoms with E-state index in [0.29, 0.717) is 12.8 Å². The molecule has 1 amide bonds. The summed E-state index contributed by atoms with van der Waals surface area (Å²) in [5.74, 6) is -0.142. The molecule has 1 heterocycles. The van der Waals surface area contributed by atoms with E-state index in [1.165, 1.54) is 141 Å². The number of aliphatic hydroxyl groups is 5. The van der Waals surface area contributed by atoms with Crippen LogP contribution in [0.3, 0.4) is 0 Å². The standard InChI is InChI=1S/C42H83NO8/c1-3-5-7-9-11-13-15-16-17-18-19-20-22-24-26-28-30-32-38(46)43-35(34-50-42-41(49)40(48)39(47)37(33-44)51-42)36(45)31-29-27-25-23-21-14-12-10-8-6-4-2/h35-37,39-42,44-45,47-49H,3-34H2,1-2H3,(H,43,46)/t35-,36+,37+,39-,40-,41+,42-/m0/s1. The van der Waals surface area contributed by atoms with E-state index in [0.717, 1.165) is 38.5 Å². The molecule has 51 heavy (non-hydrogen) atoms. The van der Waals surface area contributed by atoms with Crippen LogP contribution < -0.4 is 5.32 Å². The van der Waals surface area contributed by atoms with Gasteiger partial charge in [0.15, 0.2) is 6.29 Å². The van der Waals surface area contributed by atoms with Gasteiger partial charge in [0.05, 0.1) is 25.4 Å². The highest BCUT2D eigenvalue weighted by Crippen LogP contribution is 2.23. The Labute approximate surface area is 313 Å². The molecule has 0 unspecified atom stereocenters. The molecule has 9 heteroatoms. The van der Waals surface area contributed by atoms with Crippen LogP contribution in [-0.2, 0) is 14.3 Å². The van der Waals surface area contributed by atoms with Gasteiger partial charge in [0.2, 0.25) is 5.91 Å². The van der Waals surface area contributed by atoms with Crippen molar-refractivity contribution in [2.75, 3.05) is 13.2 Å². The predicted molar refractivity (Wildman–Crippen MR) is 208 cm³/mol. The van der Waals surface area contributed by atoms with E-state index in [9.17, 15) is 30.3 Å². The average molecular weight is 730 g/mol. The van der Waals surface area contributed by atoms with Crippen molar-refractivity contribution in [2.45, 2.75) is 249 Å². The van der Waals surface area contributed by atoms with E-state index < -0.39 is 49.5 Å². The molecule has 0 aromatic heterocycles. The first-order valence-corrected chi connectivity index (χ1v) is 21.7. The van der Waals surface area contributed by atoms with Gasteiger partial charge in [0, 0.05) is 6.42 Å². The fraction of sp³-hybridized carbons (Fsp3) is 0.976. The van der Waals surface area contributed by atoms with Crippen molar-refractivity contribution in [1.29, 1.82) is 0 Å². The maximum absolute atomic E-state index is 12.9. The zero-order chi connectivity index (χ0) is 37.4. The van der Waals surface area contributed by atoms with Gasteiger partial charge in [-0.05, 0) is 12.8 Å². The molecule has 0 saturated carbocycles. The highest BCUT2D eigenvalue weighted by molar-refractivity contribution is 5.76. The molecule has 1 fully saturated rings. The normalized spacial score (nSPS) is 21.9. The van der Waals surface area contributed by atoms with Crippen LogP contribution in [0.4, 0.5) is 0 Å². The summed E-state index contributed by atoms with van der Waals surface area (Å²) < 4.78 is 11.2. The number of hydrogen-bond donors (Lipinski definition) is 6. The van der Waals surface area contributed by atoms with Gasteiger partial charge in [-0.15, -0.1) is 0 Å². The summed E-state index contributed by atoms with van der Waals surface area (Å²) in [5, 5.41) is 54.2. The topological polar surface area (TPSA) is 149 Å². The number of hydrogen-bond acceptors (Lipinski definition) is 8. The zero-order valence-electron chi connectivity index (χ0n) is 33.1. The number of unbranched alkanes of at least 4 members (excludes halogenated alkanes) is 26. The van der Waals surface area contributed by atoms with Crippen molar-refractivity contribution in [3.05, 3.63) is 0 Å². The smallest absolute Gasteiger partial charge is 0.220 e. The molecule has 0 spiro atoms. The SMILES string of the molecule is CCCCCCCCCCCCCCCCCCCC(=O)N[C@@H](CO[C@H]1O[C@H](CO)[C@H](O)[C@H](O)[C@H]1O)[C@H](O)CCCCCCCCCCCCC. The Kier molecular flexibility index (Phi) is 31.9. The predicted octanol–water partition coefficient (Wildman–Crippen LogP) is 8.39. The second kappa shape index (κ2) is 33.7. The van der Waals surface area contributed by atoms with Crippen LogP contribution in [0.15, 0.2) is 0 Å². The minimum atomic E-state index is -1.55. The monoisotopic (exact) mass is 730 g/mol. The third kappa shape index (κ3) is 25.0. The van der Waals surface area contributed by atoms with Crippen molar-refractivity contribution in [1.82, 2.24) is 5.32 Å². The first-order chi connectivity index (χ1) is 24.8. The second-order valence-corrected chi connectivity index (χ2v) is 15.5. The Morgan fingerprint density at radius 2 is 0.980 bits per heavy atom. The van der Waals surface area contributed by atoms with Gasteiger partial charge in [-0.3, -0.25) is 4.79 Å². The minimum absolute atomic E-state index is 0.132. The lowest BCUT2D eigenvalue weighted by atomic mass is 9.99. The van der Waals surface area contributed by atoms with Crippen molar-refractivity contribution < 1.29 is 39.8 Å². The Morgan fingerprint density at radius 3 is 1.39 bits per heavy atom. The lowest BCUT2D eigenvalue weighted by Gasteiger charge is -2.40. The third-order valence-electron chi connectivity index (χ3n) is 10.7. The summed E-state index contributed by atoms with van der Waals surface area (Å²) in [5.41, 5.74) is 0. The fourth-order valence-electron chi connectivity index (χ4n) is 7.16. The maximum atomic E-state index is 12.9. The van der Waals surface area contributed by atoms with Crippen molar-refractivity contribution in [3.8, 4) is 0 Å². The summed E-state index contributed by atoms with van der Waals surface area (Å²) in [6.07, 6.45) is 28.2. The minimum Gasteiger partial charge on any atom is -0.394 e. The number of carbonyl (C=O) groups is 1. The van der Waals surface area contributed by atoms with Crippen molar-refractivity contribution in [2.24, 2.45) is 0 Å². The fourth-order valence-corrected chi connectivity index (χ4v) is 7.16. The molecule has 1 saturated heterocycles. The van der Waals surface area contributed by atoms with Crippen molar-refractivity contribution >= 4 is 5.91 Å². The van der Waals surface area contributed by atoms with Gasteiger partial charge < -0.3 is 40.3 Å². The number of aliphatic hydroxyl groups excluding tert-OH is 5. The quantitative estimate of drug-likeness (QED) is 0.0353. The van der Waals surface area contributed by atoms with Crippen LogP contribution in [0, 0.1) is 0 Å². The molecule has 6 N–H and O–H groups in total. The van der Waals surface area contributed by atoms with Crippen LogP contribution in [0.2, 0.25) is 0 Å². The van der Waals surface area contributed by atoms with Gasteiger partial charge in [0.1, 0.15) is 24.4 Å². The van der Waals surface area contributed by atoms with Gasteiger partial charge in [-0.1, -0.05) is 187 Å². The molecule has 0 radical (unpaired) electrons. The molecular formula is C42H83NO8. The molecule has 1 aliphatic rings. The van der Waals surface area contributed by atoms with E-state index in [1.807, 2.05) is 0 Å². The van der Waals surface area contributed by atoms with Gasteiger partial charge in [-0.2, -0.15) is 0 Å². The Morgan fingerprint density at radius 1 is 0.588 bits per heavy atom. The van der Waals surface area contributed by atoms with Crippen LogP contribution in [-0.4, -0.2) is 87.5 Å². The molecule has 9 nitrogen and oxygen atoms in total. The molecule has 0 aliphatic carbocycles. The van der Waals surface area contributed by atoms with E-state index >= 15 is 0 Å². The summed E-state index contributed by atoms with van der Waals surface area (Å²) in [7, 11) is 0. The van der Waals surface area contributed by atoms with Gasteiger partial charge >= 0.3 is 0 Å². The summed E-state index contributed by atoms with van der Waals surface area (Å²) in [6.45, 7) is 3.83. The largest absolute Gasteiger partial charge is 0.394 e. The Bertz CT molecular complexity index is 771. The summed E-state index contributed by atoms with van der Waals surface area (Å²) in [6, 6.07) is -0.709. The Hall–Kier alpha value is -0.810. The van der Waals surface area contributed by atoms with Crippen LogP contribution >= 0.6 is 0 Å².